The van der Waals surface area contributed by atoms with E-state index in [-0.39, 0.29) is 0 Å². The topological polar surface area (TPSA) is 0 Å². The van der Waals surface area contributed by atoms with Crippen LogP contribution in [0.2, 0.25) is 0 Å². The average Bonchev–Trinajstić information content (AvgIpc) is 2.24. The molecular formula is C13H14BrF3. The van der Waals surface area contributed by atoms with E-state index in [9.17, 15) is 13.2 Å². The summed E-state index contributed by atoms with van der Waals surface area (Å²) in [7, 11) is 0. The van der Waals surface area contributed by atoms with Crippen molar-refractivity contribution in [3.05, 3.63) is 41.0 Å². The predicted octanol–water partition coefficient (Wildman–Crippen LogP) is 5.14. The van der Waals surface area contributed by atoms with Crippen molar-refractivity contribution in [3.8, 4) is 0 Å². The number of rotatable bonds is 3. The molecule has 0 N–H and O–H groups in total. The summed E-state index contributed by atoms with van der Waals surface area (Å²) in [5.41, 5.74) is 1.05. The molecule has 0 heterocycles. The van der Waals surface area contributed by atoms with Crippen molar-refractivity contribution in [2.24, 2.45) is 5.92 Å². The van der Waals surface area contributed by atoms with Crippen LogP contribution in [0.15, 0.2) is 29.8 Å². The van der Waals surface area contributed by atoms with E-state index < -0.39 is 11.7 Å². The summed E-state index contributed by atoms with van der Waals surface area (Å²) in [6, 6.07) is 5.37. The van der Waals surface area contributed by atoms with E-state index >= 15 is 0 Å². The first-order chi connectivity index (χ1) is 7.84. The molecule has 0 aliphatic heterocycles. The fraction of sp³-hybridized carbons (Fsp3) is 0.385. The summed E-state index contributed by atoms with van der Waals surface area (Å²) >= 11 is 3.34. The molecule has 1 rings (SSSR count). The van der Waals surface area contributed by atoms with E-state index in [4.69, 9.17) is 0 Å². The van der Waals surface area contributed by atoms with Crippen LogP contribution in [0.4, 0.5) is 13.2 Å². The zero-order chi connectivity index (χ0) is 13.1. The molecule has 0 atom stereocenters. The van der Waals surface area contributed by atoms with E-state index in [0.717, 1.165) is 11.6 Å². The molecule has 17 heavy (non-hydrogen) atoms. The maximum atomic E-state index is 12.5. The van der Waals surface area contributed by atoms with Gasteiger partial charge in [-0.2, -0.15) is 13.2 Å². The molecule has 0 saturated carbocycles. The van der Waals surface area contributed by atoms with E-state index in [0.29, 0.717) is 16.8 Å². The summed E-state index contributed by atoms with van der Waals surface area (Å²) in [4.78, 5) is 0. The maximum absolute atomic E-state index is 12.5. The molecule has 1 aromatic carbocycles. The molecule has 0 aliphatic rings. The molecule has 0 radical (unpaired) electrons. The average molecular weight is 307 g/mol. The lowest BCUT2D eigenvalue weighted by Crippen LogP contribution is -2.04. The molecule has 0 aromatic heterocycles. The van der Waals surface area contributed by atoms with Crippen LogP contribution < -0.4 is 0 Å². The van der Waals surface area contributed by atoms with Crippen LogP contribution in [0, 0.1) is 5.92 Å². The summed E-state index contributed by atoms with van der Waals surface area (Å²) < 4.78 is 37.5. The molecule has 0 bridgehead atoms. The van der Waals surface area contributed by atoms with Gasteiger partial charge >= 0.3 is 6.18 Å². The van der Waals surface area contributed by atoms with Crippen LogP contribution in [-0.4, -0.2) is 5.33 Å². The van der Waals surface area contributed by atoms with Crippen molar-refractivity contribution in [3.63, 3.8) is 0 Å². The Hall–Kier alpha value is -0.770. The van der Waals surface area contributed by atoms with Crippen LogP contribution in [0.3, 0.4) is 0 Å². The number of allylic oxidation sites excluding steroid dienone is 1. The van der Waals surface area contributed by atoms with Gasteiger partial charge in [0.2, 0.25) is 0 Å². The second-order valence-corrected chi connectivity index (χ2v) is 4.69. The number of halogens is 4. The highest BCUT2D eigenvalue weighted by Crippen LogP contribution is 2.30. The molecule has 1 aromatic rings. The lowest BCUT2D eigenvalue weighted by atomic mass is 10.0. The third-order valence-corrected chi connectivity index (χ3v) is 3.11. The van der Waals surface area contributed by atoms with Crippen molar-refractivity contribution >= 4 is 22.0 Å². The van der Waals surface area contributed by atoms with Crippen molar-refractivity contribution in [1.82, 2.24) is 0 Å². The van der Waals surface area contributed by atoms with Crippen molar-refractivity contribution in [2.45, 2.75) is 20.0 Å². The number of alkyl halides is 4. The molecule has 0 amide bonds. The van der Waals surface area contributed by atoms with Gasteiger partial charge in [-0.25, -0.2) is 0 Å². The fourth-order valence-corrected chi connectivity index (χ4v) is 2.19. The van der Waals surface area contributed by atoms with E-state index in [1.165, 1.54) is 12.1 Å². The van der Waals surface area contributed by atoms with Gasteiger partial charge in [0.15, 0.2) is 0 Å². The van der Waals surface area contributed by atoms with Crippen LogP contribution in [0.25, 0.3) is 6.08 Å². The smallest absolute Gasteiger partial charge is 0.166 e. The Balaban J connectivity index is 3.08. The van der Waals surface area contributed by atoms with Gasteiger partial charge in [-0.3, -0.25) is 0 Å². The van der Waals surface area contributed by atoms with E-state index in [1.807, 2.05) is 13.8 Å². The second-order valence-electron chi connectivity index (χ2n) is 4.13. The first kappa shape index (κ1) is 14.3. The third-order valence-electron chi connectivity index (χ3n) is 2.46. The standard InChI is InChI=1S/C13H14BrF3/c1-9(2)11(8-14)6-10-4-3-5-12(7-10)13(15,16)17/h3-7,9H,8H2,1-2H3. The highest BCUT2D eigenvalue weighted by molar-refractivity contribution is 9.09. The Morgan fingerprint density at radius 1 is 1.35 bits per heavy atom. The fourth-order valence-electron chi connectivity index (χ4n) is 1.38. The van der Waals surface area contributed by atoms with Gasteiger partial charge in [-0.15, -0.1) is 0 Å². The van der Waals surface area contributed by atoms with Crippen molar-refractivity contribution in [2.75, 3.05) is 5.33 Å². The maximum Gasteiger partial charge on any atom is 0.416 e. The summed E-state index contributed by atoms with van der Waals surface area (Å²) in [6.07, 6.45) is -2.48. The van der Waals surface area contributed by atoms with Gasteiger partial charge in [0.05, 0.1) is 5.56 Å². The largest absolute Gasteiger partial charge is 0.416 e. The first-order valence-corrected chi connectivity index (χ1v) is 6.40. The lowest BCUT2D eigenvalue weighted by molar-refractivity contribution is -0.137. The van der Waals surface area contributed by atoms with Crippen molar-refractivity contribution < 1.29 is 13.2 Å². The highest BCUT2D eigenvalue weighted by atomic mass is 79.9. The van der Waals surface area contributed by atoms with Gasteiger partial charge in [0.25, 0.3) is 0 Å². The molecule has 0 unspecified atom stereocenters. The predicted molar refractivity (Wildman–Crippen MR) is 68.1 cm³/mol. The van der Waals surface area contributed by atoms with Gasteiger partial charge < -0.3 is 0 Å². The zero-order valence-electron chi connectivity index (χ0n) is 9.68. The Labute approximate surface area is 108 Å². The Bertz CT molecular complexity index is 405. The van der Waals surface area contributed by atoms with Gasteiger partial charge in [-0.05, 0) is 23.6 Å². The van der Waals surface area contributed by atoms with Crippen LogP contribution >= 0.6 is 15.9 Å². The Morgan fingerprint density at radius 3 is 2.47 bits per heavy atom. The number of hydrogen-bond acceptors (Lipinski definition) is 0. The normalized spacial score (nSPS) is 13.2. The van der Waals surface area contributed by atoms with E-state index in [1.54, 1.807) is 12.1 Å². The third kappa shape index (κ3) is 4.19. The summed E-state index contributed by atoms with van der Waals surface area (Å²) in [5, 5.41) is 0.668. The monoisotopic (exact) mass is 306 g/mol. The Kier molecular flexibility index (Phi) is 4.80. The highest BCUT2D eigenvalue weighted by Gasteiger charge is 2.30. The summed E-state index contributed by atoms with van der Waals surface area (Å²) in [5.74, 6) is 0.309. The second kappa shape index (κ2) is 5.71. The molecule has 0 spiro atoms. The molecule has 0 nitrogen and oxygen atoms in total. The van der Waals surface area contributed by atoms with Crippen molar-refractivity contribution in [1.29, 1.82) is 0 Å². The molecule has 4 heteroatoms. The molecule has 94 valence electrons. The Morgan fingerprint density at radius 2 is 2.00 bits per heavy atom. The molecule has 0 aliphatic carbocycles. The van der Waals surface area contributed by atoms with Gasteiger partial charge in [0, 0.05) is 5.33 Å². The summed E-state index contributed by atoms with van der Waals surface area (Å²) in [6.45, 7) is 4.03. The minimum atomic E-state index is -4.28. The van der Waals surface area contributed by atoms with Gasteiger partial charge in [0.1, 0.15) is 0 Å². The zero-order valence-corrected chi connectivity index (χ0v) is 11.3. The van der Waals surface area contributed by atoms with Gasteiger partial charge in [-0.1, -0.05) is 53.6 Å². The van der Waals surface area contributed by atoms with Crippen LogP contribution in [-0.2, 0) is 6.18 Å². The van der Waals surface area contributed by atoms with E-state index in [2.05, 4.69) is 15.9 Å². The minimum absolute atomic E-state index is 0.309. The quantitative estimate of drug-likeness (QED) is 0.678. The number of benzene rings is 1. The molecule has 0 saturated heterocycles. The van der Waals surface area contributed by atoms with Crippen LogP contribution in [0.1, 0.15) is 25.0 Å². The molecular weight excluding hydrogens is 293 g/mol. The first-order valence-electron chi connectivity index (χ1n) is 5.28. The molecule has 0 fully saturated rings. The minimum Gasteiger partial charge on any atom is -0.166 e. The number of hydrogen-bond donors (Lipinski definition) is 0. The SMILES string of the molecule is CC(C)C(=Cc1cccc(C(F)(F)F)c1)CBr. The lowest BCUT2D eigenvalue weighted by Gasteiger charge is -2.10. The van der Waals surface area contributed by atoms with Crippen LogP contribution in [0.5, 0.6) is 0 Å².